The topological polar surface area (TPSA) is 29.5 Å². The Labute approximate surface area is 152 Å². The van der Waals surface area contributed by atoms with Gasteiger partial charge < -0.3 is 4.74 Å². The van der Waals surface area contributed by atoms with E-state index in [0.29, 0.717) is 17.2 Å². The second-order valence-corrected chi connectivity index (χ2v) is 5.87. The van der Waals surface area contributed by atoms with E-state index in [1.807, 2.05) is 79.7 Å². The van der Waals surface area contributed by atoms with Crippen LogP contribution in [-0.4, -0.2) is 12.6 Å². The molecule has 26 heavy (non-hydrogen) atoms. The lowest BCUT2D eigenvalue weighted by Crippen LogP contribution is -2.35. The summed E-state index contributed by atoms with van der Waals surface area (Å²) in [5.74, 6) is 0.550. The molecule has 132 valence electrons. The molecule has 0 aromatic heterocycles. The van der Waals surface area contributed by atoms with Gasteiger partial charge in [-0.1, -0.05) is 60.7 Å². The molecule has 0 aliphatic heterocycles. The third kappa shape index (κ3) is 3.91. The Balaban J connectivity index is 2.01. The highest BCUT2D eigenvalue weighted by molar-refractivity contribution is 5.96. The number of carbonyl (C=O) groups is 1. The molecule has 1 atom stereocenters. The summed E-state index contributed by atoms with van der Waals surface area (Å²) in [7, 11) is 0. The van der Waals surface area contributed by atoms with Crippen molar-refractivity contribution >= 4 is 11.6 Å². The largest absolute Gasteiger partial charge is 0.455 e. The summed E-state index contributed by atoms with van der Waals surface area (Å²) >= 11 is 0. The summed E-state index contributed by atoms with van der Waals surface area (Å²) < 4.78 is 19.3. The van der Waals surface area contributed by atoms with Crippen molar-refractivity contribution < 1.29 is 13.9 Å². The van der Waals surface area contributed by atoms with E-state index in [1.165, 1.54) is 4.90 Å². The van der Waals surface area contributed by atoms with Crippen molar-refractivity contribution in [1.82, 2.24) is 0 Å². The lowest BCUT2D eigenvalue weighted by Gasteiger charge is -2.30. The summed E-state index contributed by atoms with van der Waals surface area (Å²) in [4.78, 5) is 13.9. The summed E-state index contributed by atoms with van der Waals surface area (Å²) in [6.07, 6.45) is 0. The number of para-hydroxylation sites is 3. The van der Waals surface area contributed by atoms with Crippen LogP contribution in [0.5, 0.6) is 11.5 Å². The second kappa shape index (κ2) is 8.30. The van der Waals surface area contributed by atoms with Crippen molar-refractivity contribution in [3.8, 4) is 11.5 Å². The van der Waals surface area contributed by atoms with Gasteiger partial charge in [-0.2, -0.15) is 0 Å². The molecule has 3 aromatic carbocycles. The number of amides is 1. The zero-order valence-corrected chi connectivity index (χ0v) is 14.5. The lowest BCUT2D eigenvalue weighted by atomic mass is 10.1. The number of anilines is 1. The lowest BCUT2D eigenvalue weighted by molar-refractivity contribution is -0.119. The number of halogens is 1. The van der Waals surface area contributed by atoms with Gasteiger partial charge in [0.15, 0.2) is 12.4 Å². The normalized spacial score (nSPS) is 11.6. The van der Waals surface area contributed by atoms with Crippen molar-refractivity contribution in [2.24, 2.45) is 0 Å². The number of benzene rings is 3. The Kier molecular flexibility index (Phi) is 5.64. The number of alkyl halides is 1. The maximum absolute atomic E-state index is 13.3. The van der Waals surface area contributed by atoms with E-state index < -0.39 is 12.6 Å². The van der Waals surface area contributed by atoms with Gasteiger partial charge in [-0.3, -0.25) is 9.69 Å². The maximum Gasteiger partial charge on any atom is 0.259 e. The molecule has 0 fully saturated rings. The van der Waals surface area contributed by atoms with E-state index in [9.17, 15) is 9.18 Å². The quantitative estimate of drug-likeness (QED) is 0.584. The number of hydrogen-bond donors (Lipinski definition) is 0. The molecule has 0 aliphatic carbocycles. The van der Waals surface area contributed by atoms with Crippen molar-refractivity contribution in [1.29, 1.82) is 0 Å². The Bertz CT molecular complexity index is 852. The first kappa shape index (κ1) is 17.7. The van der Waals surface area contributed by atoms with Gasteiger partial charge in [0.1, 0.15) is 5.75 Å². The molecule has 0 heterocycles. The SMILES string of the molecule is CC(c1ccccc1)N(C(=O)CF)c1ccccc1Oc1ccccc1. The first-order valence-corrected chi connectivity index (χ1v) is 8.45. The van der Waals surface area contributed by atoms with Gasteiger partial charge in [-0.25, -0.2) is 4.39 Å². The highest BCUT2D eigenvalue weighted by Crippen LogP contribution is 2.36. The fourth-order valence-electron chi connectivity index (χ4n) is 2.86. The highest BCUT2D eigenvalue weighted by atomic mass is 19.1. The average Bonchev–Trinajstić information content (AvgIpc) is 2.70. The summed E-state index contributed by atoms with van der Waals surface area (Å²) in [6.45, 7) is 0.805. The molecule has 3 rings (SSSR count). The van der Waals surface area contributed by atoms with Gasteiger partial charge in [0, 0.05) is 0 Å². The van der Waals surface area contributed by atoms with Crippen LogP contribution >= 0.6 is 0 Å². The molecule has 0 saturated carbocycles. The molecule has 3 aromatic rings. The third-order valence-electron chi connectivity index (χ3n) is 4.15. The number of hydrogen-bond acceptors (Lipinski definition) is 2. The molecule has 0 bridgehead atoms. The van der Waals surface area contributed by atoms with E-state index in [0.717, 1.165) is 5.56 Å². The molecule has 0 N–H and O–H groups in total. The second-order valence-electron chi connectivity index (χ2n) is 5.87. The van der Waals surface area contributed by atoms with Crippen molar-refractivity contribution in [3.63, 3.8) is 0 Å². The molecular weight excluding hydrogens is 329 g/mol. The van der Waals surface area contributed by atoms with Gasteiger partial charge in [0.25, 0.3) is 5.91 Å². The number of nitrogens with zero attached hydrogens (tertiary/aromatic N) is 1. The zero-order valence-electron chi connectivity index (χ0n) is 14.5. The van der Waals surface area contributed by atoms with Crippen LogP contribution < -0.4 is 9.64 Å². The third-order valence-corrected chi connectivity index (χ3v) is 4.15. The molecule has 1 amide bonds. The minimum absolute atomic E-state index is 0.333. The maximum atomic E-state index is 13.3. The smallest absolute Gasteiger partial charge is 0.259 e. The van der Waals surface area contributed by atoms with Crippen LogP contribution in [0, 0.1) is 0 Å². The van der Waals surface area contributed by atoms with Gasteiger partial charge in [-0.05, 0) is 36.8 Å². The molecule has 4 heteroatoms. The summed E-state index contributed by atoms with van der Waals surface area (Å²) in [5.41, 5.74) is 1.46. The van der Waals surface area contributed by atoms with Crippen molar-refractivity contribution in [2.45, 2.75) is 13.0 Å². The number of rotatable bonds is 6. The predicted molar refractivity (Wildman–Crippen MR) is 101 cm³/mol. The Hall–Kier alpha value is -3.14. The van der Waals surface area contributed by atoms with Crippen LogP contribution in [0.1, 0.15) is 18.5 Å². The fraction of sp³-hybridized carbons (Fsp3) is 0.136. The van der Waals surface area contributed by atoms with Crippen molar-refractivity contribution in [3.05, 3.63) is 90.5 Å². The van der Waals surface area contributed by atoms with Crippen molar-refractivity contribution in [2.75, 3.05) is 11.6 Å². The van der Waals surface area contributed by atoms with Gasteiger partial charge in [-0.15, -0.1) is 0 Å². The Morgan fingerprint density at radius 3 is 2.15 bits per heavy atom. The minimum atomic E-state index is -1.07. The number of ether oxygens (including phenoxy) is 1. The zero-order chi connectivity index (χ0) is 18.4. The molecule has 0 aliphatic rings. The van der Waals surface area contributed by atoms with E-state index in [4.69, 9.17) is 4.74 Å². The van der Waals surface area contributed by atoms with Crippen LogP contribution in [0.15, 0.2) is 84.9 Å². The first-order chi connectivity index (χ1) is 12.7. The summed E-state index contributed by atoms with van der Waals surface area (Å²) in [5, 5.41) is 0. The molecule has 0 radical (unpaired) electrons. The van der Waals surface area contributed by atoms with Gasteiger partial charge in [0.05, 0.1) is 11.7 Å². The van der Waals surface area contributed by atoms with E-state index in [2.05, 4.69) is 0 Å². The molecule has 0 spiro atoms. The predicted octanol–water partition coefficient (Wildman–Crippen LogP) is 5.54. The highest BCUT2D eigenvalue weighted by Gasteiger charge is 2.26. The summed E-state index contributed by atoms with van der Waals surface area (Å²) in [6, 6.07) is 25.7. The standard InChI is InChI=1S/C22H20FNO2/c1-17(18-10-4-2-5-11-18)24(22(25)16-23)20-14-8-9-15-21(20)26-19-12-6-3-7-13-19/h2-15,17H,16H2,1H3. The van der Waals surface area contributed by atoms with Crippen LogP contribution in [-0.2, 0) is 4.79 Å². The van der Waals surface area contributed by atoms with E-state index in [-0.39, 0.29) is 6.04 Å². The van der Waals surface area contributed by atoms with Crippen LogP contribution in [0.2, 0.25) is 0 Å². The molecule has 1 unspecified atom stereocenters. The van der Waals surface area contributed by atoms with Crippen LogP contribution in [0.3, 0.4) is 0 Å². The number of carbonyl (C=O) groups excluding carboxylic acids is 1. The monoisotopic (exact) mass is 349 g/mol. The average molecular weight is 349 g/mol. The molecular formula is C22H20FNO2. The van der Waals surface area contributed by atoms with E-state index >= 15 is 0 Å². The Morgan fingerprint density at radius 2 is 1.50 bits per heavy atom. The Morgan fingerprint density at radius 1 is 0.923 bits per heavy atom. The molecule has 3 nitrogen and oxygen atoms in total. The van der Waals surface area contributed by atoms with Crippen LogP contribution in [0.4, 0.5) is 10.1 Å². The first-order valence-electron chi connectivity index (χ1n) is 8.45. The van der Waals surface area contributed by atoms with Crippen LogP contribution in [0.25, 0.3) is 0 Å². The van der Waals surface area contributed by atoms with E-state index in [1.54, 1.807) is 12.1 Å². The van der Waals surface area contributed by atoms with Gasteiger partial charge >= 0.3 is 0 Å². The van der Waals surface area contributed by atoms with Gasteiger partial charge in [0.2, 0.25) is 0 Å². The fourth-order valence-corrected chi connectivity index (χ4v) is 2.86. The minimum Gasteiger partial charge on any atom is -0.455 e. The molecule has 0 saturated heterocycles.